The molecule has 1 saturated carbocycles. The molecule has 2 fully saturated rings. The number of methoxy groups -OCH3 is 1. The molecule has 1 atom stereocenters. The summed E-state index contributed by atoms with van der Waals surface area (Å²) in [5.74, 6) is -0.0867. The van der Waals surface area contributed by atoms with Gasteiger partial charge in [0.25, 0.3) is 5.91 Å². The van der Waals surface area contributed by atoms with Crippen LogP contribution in [0.15, 0.2) is 30.3 Å². The number of nitrogens with zero attached hydrogens (tertiary/aromatic N) is 2. The highest BCUT2D eigenvalue weighted by atomic mass is 16.5. The molecule has 1 aromatic carbocycles. The van der Waals surface area contributed by atoms with Crippen LogP contribution in [0.1, 0.15) is 53.1 Å². The first-order valence-corrected chi connectivity index (χ1v) is 9.76. The van der Waals surface area contributed by atoms with Crippen LogP contribution >= 0.6 is 0 Å². The molecule has 7 heteroatoms. The van der Waals surface area contributed by atoms with Crippen molar-refractivity contribution in [1.82, 2.24) is 14.8 Å². The van der Waals surface area contributed by atoms with Gasteiger partial charge in [-0.25, -0.2) is 4.79 Å². The van der Waals surface area contributed by atoms with Crippen LogP contribution in [0.2, 0.25) is 0 Å². The highest BCUT2D eigenvalue weighted by Crippen LogP contribution is 2.38. The summed E-state index contributed by atoms with van der Waals surface area (Å²) in [7, 11) is 1.54. The van der Waals surface area contributed by atoms with E-state index in [9.17, 15) is 14.4 Å². The minimum atomic E-state index is -1.24. The molecule has 4 rings (SSSR count). The number of rotatable bonds is 6. The molecule has 1 aromatic heterocycles. The number of hydrogen-bond acceptors (Lipinski definition) is 4. The van der Waals surface area contributed by atoms with E-state index < -0.39 is 17.5 Å². The van der Waals surface area contributed by atoms with Crippen LogP contribution < -0.4 is 10.1 Å². The number of benzene rings is 1. The predicted molar refractivity (Wildman–Crippen MR) is 107 cm³/mol. The number of ether oxygens (including phenoxy) is 1. The van der Waals surface area contributed by atoms with Crippen molar-refractivity contribution in [3.05, 3.63) is 52.8 Å². The Labute approximate surface area is 169 Å². The second kappa shape index (κ2) is 6.76. The van der Waals surface area contributed by atoms with Crippen LogP contribution in [0.3, 0.4) is 0 Å². The van der Waals surface area contributed by atoms with Crippen molar-refractivity contribution in [2.45, 2.75) is 45.2 Å². The Kier molecular flexibility index (Phi) is 4.48. The van der Waals surface area contributed by atoms with E-state index in [1.165, 1.54) is 0 Å². The first kappa shape index (κ1) is 19.2. The molecule has 3 amide bonds. The van der Waals surface area contributed by atoms with Crippen molar-refractivity contribution in [2.24, 2.45) is 0 Å². The van der Waals surface area contributed by atoms with Crippen LogP contribution in [0.25, 0.3) is 0 Å². The summed E-state index contributed by atoms with van der Waals surface area (Å²) >= 11 is 0. The average Bonchev–Trinajstić information content (AvgIpc) is 3.45. The van der Waals surface area contributed by atoms with Gasteiger partial charge in [0.2, 0.25) is 0 Å². The Morgan fingerprint density at radius 1 is 1.24 bits per heavy atom. The smallest absolute Gasteiger partial charge is 0.325 e. The van der Waals surface area contributed by atoms with Crippen LogP contribution in [0.5, 0.6) is 5.75 Å². The fraction of sp³-hybridized carbons (Fsp3) is 0.409. The van der Waals surface area contributed by atoms with Gasteiger partial charge >= 0.3 is 6.03 Å². The number of ketones is 1. The maximum atomic E-state index is 13.1. The molecule has 1 aliphatic heterocycles. The van der Waals surface area contributed by atoms with E-state index in [1.807, 2.05) is 19.9 Å². The zero-order chi connectivity index (χ0) is 20.9. The Bertz CT molecular complexity index is 1020. The summed E-state index contributed by atoms with van der Waals surface area (Å²) in [6.45, 7) is 5.27. The topological polar surface area (TPSA) is 80.6 Å². The third kappa shape index (κ3) is 3.10. The van der Waals surface area contributed by atoms with Gasteiger partial charge in [-0.2, -0.15) is 0 Å². The number of nitrogens with one attached hydrogen (secondary N) is 1. The van der Waals surface area contributed by atoms with Gasteiger partial charge < -0.3 is 14.6 Å². The number of Topliss-reactive ketones (excluding diaryl/α,β-unsaturated/α-hetero) is 1. The largest absolute Gasteiger partial charge is 0.497 e. The lowest BCUT2D eigenvalue weighted by atomic mass is 9.92. The molecule has 0 spiro atoms. The molecule has 2 heterocycles. The van der Waals surface area contributed by atoms with Crippen LogP contribution in [0.4, 0.5) is 4.79 Å². The van der Waals surface area contributed by atoms with Gasteiger partial charge in [0.05, 0.1) is 13.7 Å². The SMILES string of the molecule is COc1cccc(C2(C)NC(=O)N(CC(=O)c3cc(C)n(C4CC4)c3C)C2=O)c1. The van der Waals surface area contributed by atoms with Gasteiger partial charge in [-0.05, 0) is 57.4 Å². The maximum Gasteiger partial charge on any atom is 0.325 e. The number of urea groups is 1. The summed E-state index contributed by atoms with van der Waals surface area (Å²) in [5.41, 5.74) is 1.88. The van der Waals surface area contributed by atoms with E-state index in [1.54, 1.807) is 38.3 Å². The highest BCUT2D eigenvalue weighted by Gasteiger charge is 2.49. The fourth-order valence-corrected chi connectivity index (χ4v) is 4.15. The maximum absolute atomic E-state index is 13.1. The van der Waals surface area contributed by atoms with Crippen molar-refractivity contribution in [2.75, 3.05) is 13.7 Å². The van der Waals surface area contributed by atoms with Gasteiger partial charge in [-0.15, -0.1) is 0 Å². The third-order valence-electron chi connectivity index (χ3n) is 5.92. The van der Waals surface area contributed by atoms with E-state index in [4.69, 9.17) is 4.74 Å². The van der Waals surface area contributed by atoms with Crippen LogP contribution in [-0.2, 0) is 10.3 Å². The molecule has 0 bridgehead atoms. The number of carbonyl (C=O) groups is 3. The van der Waals surface area contributed by atoms with E-state index in [-0.39, 0.29) is 12.3 Å². The van der Waals surface area contributed by atoms with Gasteiger partial charge in [-0.1, -0.05) is 12.1 Å². The Balaban J connectivity index is 1.58. The van der Waals surface area contributed by atoms with E-state index >= 15 is 0 Å². The standard InChI is InChI=1S/C22H25N3O4/c1-13-10-18(14(2)25(13)16-8-9-16)19(26)12-24-20(27)22(3,23-21(24)28)15-6-5-7-17(11-15)29-4/h5-7,10-11,16H,8-9,12H2,1-4H3,(H,23,28). The number of imide groups is 1. The lowest BCUT2D eigenvalue weighted by Crippen LogP contribution is -2.41. The fourth-order valence-electron chi connectivity index (χ4n) is 4.15. The number of aryl methyl sites for hydroxylation is 1. The van der Waals surface area contributed by atoms with E-state index in [2.05, 4.69) is 9.88 Å². The van der Waals surface area contributed by atoms with Crippen molar-refractivity contribution in [1.29, 1.82) is 0 Å². The Morgan fingerprint density at radius 3 is 2.62 bits per heavy atom. The normalized spacial score (nSPS) is 21.4. The van der Waals surface area contributed by atoms with Crippen molar-refractivity contribution in [3.8, 4) is 5.75 Å². The van der Waals surface area contributed by atoms with E-state index in [0.29, 0.717) is 22.9 Å². The van der Waals surface area contributed by atoms with Crippen molar-refractivity contribution < 1.29 is 19.1 Å². The van der Waals surface area contributed by atoms with Gasteiger partial charge in [0, 0.05) is 23.0 Å². The first-order chi connectivity index (χ1) is 13.8. The molecular weight excluding hydrogens is 370 g/mol. The number of carbonyl (C=O) groups excluding carboxylic acids is 3. The number of amides is 3. The summed E-state index contributed by atoms with van der Waals surface area (Å²) in [4.78, 5) is 39.7. The lowest BCUT2D eigenvalue weighted by molar-refractivity contribution is -0.130. The van der Waals surface area contributed by atoms with Gasteiger partial charge in [0.1, 0.15) is 11.3 Å². The third-order valence-corrected chi connectivity index (χ3v) is 5.92. The Hall–Kier alpha value is -3.09. The van der Waals surface area contributed by atoms with Crippen LogP contribution in [-0.4, -0.2) is 40.8 Å². The molecule has 2 aliphatic rings. The minimum absolute atomic E-state index is 0.233. The summed E-state index contributed by atoms with van der Waals surface area (Å²) < 4.78 is 7.41. The monoisotopic (exact) mass is 395 g/mol. The zero-order valence-corrected chi connectivity index (χ0v) is 17.1. The summed E-state index contributed by atoms with van der Waals surface area (Å²) in [6.07, 6.45) is 2.24. The van der Waals surface area contributed by atoms with Gasteiger partial charge in [0.15, 0.2) is 5.78 Å². The number of hydrogen-bond donors (Lipinski definition) is 1. The van der Waals surface area contributed by atoms with E-state index in [0.717, 1.165) is 29.1 Å². The molecule has 2 aromatic rings. The lowest BCUT2D eigenvalue weighted by Gasteiger charge is -2.22. The van der Waals surface area contributed by atoms with Crippen LogP contribution in [0, 0.1) is 13.8 Å². The molecule has 29 heavy (non-hydrogen) atoms. The molecule has 152 valence electrons. The molecule has 7 nitrogen and oxygen atoms in total. The Morgan fingerprint density at radius 2 is 1.97 bits per heavy atom. The summed E-state index contributed by atoms with van der Waals surface area (Å²) in [6, 6.07) is 8.76. The molecule has 1 unspecified atom stereocenters. The van der Waals surface area contributed by atoms with Gasteiger partial charge in [-0.3, -0.25) is 14.5 Å². The molecule has 1 saturated heterocycles. The predicted octanol–water partition coefficient (Wildman–Crippen LogP) is 3.10. The molecule has 1 aliphatic carbocycles. The quantitative estimate of drug-likeness (QED) is 0.602. The number of aromatic nitrogens is 1. The molecule has 1 N–H and O–H groups in total. The second-order valence-corrected chi connectivity index (χ2v) is 7.99. The van der Waals surface area contributed by atoms with Crippen molar-refractivity contribution in [3.63, 3.8) is 0 Å². The second-order valence-electron chi connectivity index (χ2n) is 7.99. The minimum Gasteiger partial charge on any atom is -0.497 e. The highest BCUT2D eigenvalue weighted by molar-refractivity contribution is 6.11. The first-order valence-electron chi connectivity index (χ1n) is 9.76. The molecular formula is C22H25N3O4. The summed E-state index contributed by atoms with van der Waals surface area (Å²) in [5, 5.41) is 2.74. The molecule has 0 radical (unpaired) electrons. The average molecular weight is 395 g/mol. The zero-order valence-electron chi connectivity index (χ0n) is 17.1. The van der Waals surface area contributed by atoms with Crippen molar-refractivity contribution >= 4 is 17.7 Å².